The summed E-state index contributed by atoms with van der Waals surface area (Å²) in [6.45, 7) is 3.34. The van der Waals surface area contributed by atoms with Gasteiger partial charge in [-0.1, -0.05) is 6.92 Å². The van der Waals surface area contributed by atoms with Crippen LogP contribution in [0.3, 0.4) is 0 Å². The zero-order valence-electron chi connectivity index (χ0n) is 14.8. The van der Waals surface area contributed by atoms with Gasteiger partial charge < -0.3 is 20.5 Å². The van der Waals surface area contributed by atoms with Crippen molar-refractivity contribution in [3.63, 3.8) is 0 Å². The van der Waals surface area contributed by atoms with Gasteiger partial charge in [0.05, 0.1) is 12.2 Å². The monoisotopic (exact) mass is 374 g/mol. The third-order valence-electron chi connectivity index (χ3n) is 4.66. The lowest BCUT2D eigenvalue weighted by atomic mass is 9.97. The maximum Gasteiger partial charge on any atom is 0.339 e. The lowest BCUT2D eigenvalue weighted by Gasteiger charge is -2.10. The summed E-state index contributed by atoms with van der Waals surface area (Å²) in [6, 6.07) is 7.05. The highest BCUT2D eigenvalue weighted by Crippen LogP contribution is 2.51. The van der Waals surface area contributed by atoms with Crippen molar-refractivity contribution in [2.75, 3.05) is 30.9 Å². The number of benzene rings is 1. The Hall–Kier alpha value is -2.38. The molecule has 0 atom stereocenters. The molecule has 26 heavy (non-hydrogen) atoms. The molecule has 1 amide bonds. The van der Waals surface area contributed by atoms with E-state index in [2.05, 4.69) is 17.6 Å². The van der Waals surface area contributed by atoms with E-state index in [-0.39, 0.29) is 16.9 Å². The van der Waals surface area contributed by atoms with Crippen molar-refractivity contribution in [3.8, 4) is 0 Å². The third-order valence-corrected chi connectivity index (χ3v) is 5.56. The zero-order chi connectivity index (χ0) is 18.7. The summed E-state index contributed by atoms with van der Waals surface area (Å²) in [5.74, 6) is -1.31. The second-order valence-corrected chi connectivity index (χ2v) is 7.55. The zero-order valence-corrected chi connectivity index (χ0v) is 15.6. The molecular weight excluding hydrogens is 352 g/mol. The minimum Gasteiger partial charge on any atom is -0.478 e. The van der Waals surface area contributed by atoms with E-state index in [1.807, 2.05) is 17.5 Å². The Morgan fingerprint density at radius 1 is 1.27 bits per heavy atom. The van der Waals surface area contributed by atoms with Crippen LogP contribution >= 0.6 is 11.3 Å². The van der Waals surface area contributed by atoms with Crippen molar-refractivity contribution in [1.29, 1.82) is 0 Å². The van der Waals surface area contributed by atoms with E-state index in [1.165, 1.54) is 11.3 Å². The Bertz CT molecular complexity index is 809. The molecule has 0 bridgehead atoms. The first-order chi connectivity index (χ1) is 12.4. The average molecular weight is 374 g/mol. The fourth-order valence-electron chi connectivity index (χ4n) is 2.78. The lowest BCUT2D eigenvalue weighted by molar-refractivity contribution is 0.0696. The van der Waals surface area contributed by atoms with E-state index >= 15 is 0 Å². The highest BCUT2D eigenvalue weighted by molar-refractivity contribution is 7.15. The number of methoxy groups -OCH3 is 1. The second-order valence-electron chi connectivity index (χ2n) is 6.67. The summed E-state index contributed by atoms with van der Waals surface area (Å²) >= 11 is 1.27. The molecule has 1 heterocycles. The maximum atomic E-state index is 12.5. The van der Waals surface area contributed by atoms with Crippen LogP contribution in [-0.2, 0) is 10.2 Å². The summed E-state index contributed by atoms with van der Waals surface area (Å²) in [7, 11) is 1.64. The fraction of sp³-hybridized carbons (Fsp3) is 0.368. The number of carboxylic acids is 1. The molecule has 0 aliphatic heterocycles. The predicted molar refractivity (Wildman–Crippen MR) is 103 cm³/mol. The SMILES string of the molecule is COCCNc1ccc(C(=O)Nc2scc(C3(C)CC3)c2C(=O)O)cc1. The Labute approximate surface area is 156 Å². The number of aromatic carboxylic acids is 1. The topological polar surface area (TPSA) is 87.7 Å². The smallest absolute Gasteiger partial charge is 0.339 e. The molecule has 138 valence electrons. The summed E-state index contributed by atoms with van der Waals surface area (Å²) in [4.78, 5) is 24.2. The number of hydrogen-bond donors (Lipinski definition) is 3. The predicted octanol–water partition coefficient (Wildman–Crippen LogP) is 3.81. The molecule has 2 aromatic rings. The minimum atomic E-state index is -0.998. The summed E-state index contributed by atoms with van der Waals surface area (Å²) in [6.07, 6.45) is 1.96. The molecular formula is C19H22N2O4S. The van der Waals surface area contributed by atoms with Gasteiger partial charge in [0.25, 0.3) is 5.91 Å². The van der Waals surface area contributed by atoms with Crippen LogP contribution in [0.15, 0.2) is 29.6 Å². The number of carboxylic acid groups (broad SMARTS) is 1. The van der Waals surface area contributed by atoms with Crippen molar-refractivity contribution >= 4 is 33.9 Å². The standard InChI is InChI=1S/C19H22N2O4S/c1-19(7-8-19)14-11-26-17(15(14)18(23)24)21-16(22)12-3-5-13(6-4-12)20-9-10-25-2/h3-6,11,20H,7-10H2,1-2H3,(H,21,22)(H,23,24). The lowest BCUT2D eigenvalue weighted by Crippen LogP contribution is -2.15. The van der Waals surface area contributed by atoms with Gasteiger partial charge in [0.2, 0.25) is 0 Å². The van der Waals surface area contributed by atoms with Crippen LogP contribution in [0.2, 0.25) is 0 Å². The number of rotatable bonds is 8. The van der Waals surface area contributed by atoms with Gasteiger partial charge in [0, 0.05) is 24.9 Å². The molecule has 0 radical (unpaired) electrons. The third kappa shape index (κ3) is 3.89. The fourth-order valence-corrected chi connectivity index (χ4v) is 3.88. The van der Waals surface area contributed by atoms with E-state index in [9.17, 15) is 14.7 Å². The summed E-state index contributed by atoms with van der Waals surface area (Å²) in [5, 5.41) is 17.8. The Morgan fingerprint density at radius 3 is 2.54 bits per heavy atom. The number of anilines is 2. The normalized spacial score (nSPS) is 14.7. The average Bonchev–Trinajstić information content (AvgIpc) is 3.21. The Balaban J connectivity index is 1.72. The van der Waals surface area contributed by atoms with Gasteiger partial charge in [-0.05, 0) is 53.5 Å². The van der Waals surface area contributed by atoms with Gasteiger partial charge in [0.1, 0.15) is 5.00 Å². The molecule has 7 heteroatoms. The van der Waals surface area contributed by atoms with Gasteiger partial charge >= 0.3 is 5.97 Å². The van der Waals surface area contributed by atoms with E-state index < -0.39 is 5.97 Å². The number of ether oxygens (including phenoxy) is 1. The number of thiophene rings is 1. The molecule has 1 aromatic carbocycles. The number of nitrogens with one attached hydrogen (secondary N) is 2. The molecule has 3 N–H and O–H groups in total. The van der Waals surface area contributed by atoms with Crippen LogP contribution in [0.4, 0.5) is 10.7 Å². The Kier molecular flexibility index (Phi) is 5.29. The molecule has 1 aromatic heterocycles. The van der Waals surface area contributed by atoms with E-state index in [0.717, 1.165) is 24.1 Å². The van der Waals surface area contributed by atoms with Crippen molar-refractivity contribution in [3.05, 3.63) is 46.3 Å². The van der Waals surface area contributed by atoms with Crippen LogP contribution in [0, 0.1) is 0 Å². The van der Waals surface area contributed by atoms with Gasteiger partial charge in [-0.3, -0.25) is 4.79 Å². The molecule has 0 spiro atoms. The first-order valence-electron chi connectivity index (χ1n) is 8.44. The molecule has 1 fully saturated rings. The highest BCUT2D eigenvalue weighted by Gasteiger charge is 2.43. The van der Waals surface area contributed by atoms with Crippen molar-refractivity contribution in [2.24, 2.45) is 0 Å². The number of amides is 1. The molecule has 0 saturated heterocycles. The molecule has 3 rings (SSSR count). The van der Waals surface area contributed by atoms with E-state index in [0.29, 0.717) is 23.7 Å². The Morgan fingerprint density at radius 2 is 1.96 bits per heavy atom. The van der Waals surface area contributed by atoms with Crippen LogP contribution in [0.1, 0.15) is 46.0 Å². The molecule has 1 aliphatic carbocycles. The van der Waals surface area contributed by atoms with Crippen LogP contribution in [0.25, 0.3) is 0 Å². The van der Waals surface area contributed by atoms with Crippen molar-refractivity contribution in [2.45, 2.75) is 25.2 Å². The number of carbonyl (C=O) groups is 2. The first-order valence-corrected chi connectivity index (χ1v) is 9.32. The van der Waals surface area contributed by atoms with Crippen LogP contribution in [-0.4, -0.2) is 37.2 Å². The van der Waals surface area contributed by atoms with Gasteiger partial charge in [-0.2, -0.15) is 0 Å². The summed E-state index contributed by atoms with van der Waals surface area (Å²) < 4.78 is 4.98. The largest absolute Gasteiger partial charge is 0.478 e. The molecule has 0 unspecified atom stereocenters. The van der Waals surface area contributed by atoms with E-state index in [4.69, 9.17) is 4.74 Å². The van der Waals surface area contributed by atoms with E-state index in [1.54, 1.807) is 19.2 Å². The number of carbonyl (C=O) groups excluding carboxylic acids is 1. The van der Waals surface area contributed by atoms with Crippen molar-refractivity contribution in [1.82, 2.24) is 0 Å². The molecule has 1 aliphatic rings. The molecule has 1 saturated carbocycles. The van der Waals surface area contributed by atoms with Gasteiger partial charge in [-0.15, -0.1) is 11.3 Å². The minimum absolute atomic E-state index is 0.0667. The molecule has 6 nitrogen and oxygen atoms in total. The van der Waals surface area contributed by atoms with Crippen LogP contribution < -0.4 is 10.6 Å². The van der Waals surface area contributed by atoms with Gasteiger partial charge in [-0.25, -0.2) is 4.79 Å². The quantitative estimate of drug-likeness (QED) is 0.612. The van der Waals surface area contributed by atoms with Crippen LogP contribution in [0.5, 0.6) is 0 Å². The summed E-state index contributed by atoms with van der Waals surface area (Å²) in [5.41, 5.74) is 2.35. The highest BCUT2D eigenvalue weighted by atomic mass is 32.1. The first kappa shape index (κ1) is 18.4. The van der Waals surface area contributed by atoms with Gasteiger partial charge in [0.15, 0.2) is 0 Å². The van der Waals surface area contributed by atoms with Crippen molar-refractivity contribution < 1.29 is 19.4 Å². The second kappa shape index (κ2) is 7.47. The number of hydrogen-bond acceptors (Lipinski definition) is 5. The maximum absolute atomic E-state index is 12.5.